The number of pyridine rings is 1. The third kappa shape index (κ3) is 5.31. The van der Waals surface area contributed by atoms with E-state index >= 15 is 0 Å². The Morgan fingerprint density at radius 1 is 1.36 bits per heavy atom. The van der Waals surface area contributed by atoms with Crippen LogP contribution >= 0.6 is 0 Å². The predicted molar refractivity (Wildman–Crippen MR) is 126 cm³/mol. The monoisotopic (exact) mass is 454 g/mol. The maximum absolute atomic E-state index is 13.0. The molecule has 2 atom stereocenters. The van der Waals surface area contributed by atoms with Gasteiger partial charge in [-0.3, -0.25) is 9.69 Å². The normalized spacial score (nSPS) is 17.5. The van der Waals surface area contributed by atoms with Gasteiger partial charge in [-0.25, -0.2) is 4.68 Å². The summed E-state index contributed by atoms with van der Waals surface area (Å²) in [6, 6.07) is 7.87. The quantitative estimate of drug-likeness (QED) is 0.485. The summed E-state index contributed by atoms with van der Waals surface area (Å²) in [6.45, 7) is 8.80. The number of aromatic nitrogens is 5. The van der Waals surface area contributed by atoms with Crippen LogP contribution in [0.25, 0.3) is 10.9 Å². The first kappa shape index (κ1) is 23.5. The predicted octanol–water partition coefficient (Wildman–Crippen LogP) is 2.58. The summed E-state index contributed by atoms with van der Waals surface area (Å²) in [5.74, 6) is 0.964. The lowest BCUT2D eigenvalue weighted by Gasteiger charge is -2.33. The fourth-order valence-electron chi connectivity index (χ4n) is 4.77. The molecule has 2 aromatic heterocycles. The Hall–Kier alpha value is -2.62. The largest absolute Gasteiger partial charge is 0.396 e. The molecule has 3 aromatic rings. The molecule has 3 heterocycles. The van der Waals surface area contributed by atoms with Crippen molar-refractivity contribution < 1.29 is 9.84 Å². The lowest BCUT2D eigenvalue weighted by molar-refractivity contribution is 0.0851. The molecule has 1 fully saturated rings. The number of rotatable bonds is 10. The van der Waals surface area contributed by atoms with Crippen LogP contribution in [0, 0.1) is 12.8 Å². The fraction of sp³-hybridized carbons (Fsp3) is 0.583. The van der Waals surface area contributed by atoms with Crippen molar-refractivity contribution in [3.63, 3.8) is 0 Å². The average molecular weight is 455 g/mol. The number of hydrogen-bond acceptors (Lipinski definition) is 7. The first-order valence-electron chi connectivity index (χ1n) is 11.8. The first-order valence-corrected chi connectivity index (χ1v) is 11.8. The van der Waals surface area contributed by atoms with Crippen LogP contribution in [0.15, 0.2) is 29.1 Å². The van der Waals surface area contributed by atoms with Gasteiger partial charge in [0.15, 0.2) is 5.82 Å². The van der Waals surface area contributed by atoms with E-state index in [9.17, 15) is 9.90 Å². The maximum Gasteiger partial charge on any atom is 0.252 e. The number of aliphatic hydroxyl groups excluding tert-OH is 1. The lowest BCUT2D eigenvalue weighted by atomic mass is 10.00. The molecule has 0 amide bonds. The zero-order chi connectivity index (χ0) is 23.4. The summed E-state index contributed by atoms with van der Waals surface area (Å²) in [7, 11) is 0. The third-order valence-electron chi connectivity index (χ3n) is 6.39. The highest BCUT2D eigenvalue weighted by molar-refractivity contribution is 5.81. The van der Waals surface area contributed by atoms with Gasteiger partial charge in [-0.2, -0.15) is 0 Å². The summed E-state index contributed by atoms with van der Waals surface area (Å²) in [4.78, 5) is 18.2. The second-order valence-electron chi connectivity index (χ2n) is 9.25. The highest BCUT2D eigenvalue weighted by Crippen LogP contribution is 2.29. The highest BCUT2D eigenvalue weighted by atomic mass is 16.5. The van der Waals surface area contributed by atoms with Crippen LogP contribution in [0.1, 0.15) is 56.1 Å². The van der Waals surface area contributed by atoms with Crippen molar-refractivity contribution in [3.8, 4) is 0 Å². The molecule has 1 aromatic carbocycles. The van der Waals surface area contributed by atoms with E-state index in [2.05, 4.69) is 39.3 Å². The minimum absolute atomic E-state index is 0.0788. The Labute approximate surface area is 193 Å². The summed E-state index contributed by atoms with van der Waals surface area (Å²) in [6.07, 6.45) is 2.78. The molecule has 0 radical (unpaired) electrons. The molecule has 0 saturated carbocycles. The van der Waals surface area contributed by atoms with Gasteiger partial charge in [-0.1, -0.05) is 32.0 Å². The topological polar surface area (TPSA) is 109 Å². The number of fused-ring (bicyclic) bond motifs is 1. The minimum Gasteiger partial charge on any atom is -0.396 e. The standard InChI is InChI=1S/C24H34N6O3/c1-16(2)22(23-26-27-28-30(23)15-20-9-5-12-33-20)29(10-6-11-31)14-19-13-18-8-4-7-17(3)21(18)25-24(19)32/h4,7-8,13,16,20,22,31H,5-6,9-12,14-15H2,1-3H3,(H,25,32)/t20-,22+/m1/s1. The van der Waals surface area contributed by atoms with Crippen LogP contribution in [0.4, 0.5) is 0 Å². The number of para-hydroxylation sites is 1. The smallest absolute Gasteiger partial charge is 0.252 e. The number of hydrogen-bond donors (Lipinski definition) is 2. The molecule has 9 heteroatoms. The van der Waals surface area contributed by atoms with Crippen molar-refractivity contribution in [1.82, 2.24) is 30.1 Å². The number of ether oxygens (including phenoxy) is 1. The number of nitrogens with zero attached hydrogens (tertiary/aromatic N) is 5. The number of aromatic amines is 1. The van der Waals surface area contributed by atoms with Gasteiger partial charge >= 0.3 is 0 Å². The van der Waals surface area contributed by atoms with Gasteiger partial charge in [0.25, 0.3) is 5.56 Å². The lowest BCUT2D eigenvalue weighted by Crippen LogP contribution is -2.37. The van der Waals surface area contributed by atoms with Crippen LogP contribution in [0.5, 0.6) is 0 Å². The zero-order valence-corrected chi connectivity index (χ0v) is 19.7. The molecule has 4 rings (SSSR count). The number of nitrogens with one attached hydrogen (secondary N) is 1. The Morgan fingerprint density at radius 3 is 2.94 bits per heavy atom. The van der Waals surface area contributed by atoms with Gasteiger partial charge in [-0.05, 0) is 59.5 Å². The number of aliphatic hydroxyl groups is 1. The summed E-state index contributed by atoms with van der Waals surface area (Å²) >= 11 is 0. The SMILES string of the molecule is Cc1cccc2cc(CN(CCCO)[C@H](c3nnnn3C[C@H]3CCCO3)C(C)C)c(=O)[nH]c12. The van der Waals surface area contributed by atoms with E-state index in [1.54, 1.807) is 0 Å². The van der Waals surface area contributed by atoms with Crippen LogP contribution in [-0.2, 0) is 17.8 Å². The number of H-pyrrole nitrogens is 1. The van der Waals surface area contributed by atoms with E-state index in [4.69, 9.17) is 4.74 Å². The van der Waals surface area contributed by atoms with Crippen molar-refractivity contribution in [2.75, 3.05) is 19.8 Å². The van der Waals surface area contributed by atoms with E-state index in [0.29, 0.717) is 31.6 Å². The van der Waals surface area contributed by atoms with E-state index < -0.39 is 0 Å². The second-order valence-corrected chi connectivity index (χ2v) is 9.25. The van der Waals surface area contributed by atoms with E-state index in [-0.39, 0.29) is 30.2 Å². The van der Waals surface area contributed by atoms with Gasteiger partial charge in [0, 0.05) is 31.9 Å². The molecular formula is C24H34N6O3. The van der Waals surface area contributed by atoms with Crippen molar-refractivity contribution in [2.45, 2.75) is 65.3 Å². The Balaban J connectivity index is 1.67. The average Bonchev–Trinajstić information content (AvgIpc) is 3.46. The zero-order valence-electron chi connectivity index (χ0n) is 19.7. The van der Waals surface area contributed by atoms with E-state index in [1.807, 2.05) is 35.9 Å². The fourth-order valence-corrected chi connectivity index (χ4v) is 4.77. The van der Waals surface area contributed by atoms with Crippen LogP contribution < -0.4 is 5.56 Å². The van der Waals surface area contributed by atoms with Crippen molar-refractivity contribution in [1.29, 1.82) is 0 Å². The van der Waals surface area contributed by atoms with E-state index in [1.165, 1.54) is 0 Å². The Kier molecular flexibility index (Phi) is 7.52. The highest BCUT2D eigenvalue weighted by Gasteiger charge is 2.30. The minimum atomic E-state index is -0.111. The molecule has 178 valence electrons. The van der Waals surface area contributed by atoms with Gasteiger partial charge < -0.3 is 14.8 Å². The number of benzene rings is 1. The molecule has 0 spiro atoms. The number of aryl methyl sites for hydroxylation is 1. The summed E-state index contributed by atoms with van der Waals surface area (Å²) in [5, 5.41) is 23.2. The Morgan fingerprint density at radius 2 is 2.21 bits per heavy atom. The molecule has 1 aliphatic heterocycles. The molecule has 0 bridgehead atoms. The van der Waals surface area contributed by atoms with Gasteiger partial charge in [0.1, 0.15) is 0 Å². The molecule has 0 unspecified atom stereocenters. The van der Waals surface area contributed by atoms with Crippen LogP contribution in [-0.4, -0.2) is 61.1 Å². The summed E-state index contributed by atoms with van der Waals surface area (Å²) < 4.78 is 7.65. The summed E-state index contributed by atoms with van der Waals surface area (Å²) in [5.41, 5.74) is 2.51. The van der Waals surface area contributed by atoms with Crippen molar-refractivity contribution in [3.05, 3.63) is 51.6 Å². The van der Waals surface area contributed by atoms with Crippen LogP contribution in [0.2, 0.25) is 0 Å². The second kappa shape index (κ2) is 10.5. The molecule has 9 nitrogen and oxygen atoms in total. The van der Waals surface area contributed by atoms with Crippen LogP contribution in [0.3, 0.4) is 0 Å². The van der Waals surface area contributed by atoms with Crippen molar-refractivity contribution in [2.24, 2.45) is 5.92 Å². The number of tetrazole rings is 1. The molecule has 0 aliphatic carbocycles. The molecule has 1 saturated heterocycles. The van der Waals surface area contributed by atoms with Gasteiger partial charge in [-0.15, -0.1) is 5.10 Å². The first-order chi connectivity index (χ1) is 16.0. The van der Waals surface area contributed by atoms with Crippen molar-refractivity contribution >= 4 is 10.9 Å². The molecule has 33 heavy (non-hydrogen) atoms. The van der Waals surface area contributed by atoms with E-state index in [0.717, 1.165) is 41.7 Å². The Bertz CT molecular complexity index is 1120. The molecule has 1 aliphatic rings. The van der Waals surface area contributed by atoms with Gasteiger partial charge in [0.05, 0.1) is 24.2 Å². The third-order valence-corrected chi connectivity index (χ3v) is 6.39. The van der Waals surface area contributed by atoms with Gasteiger partial charge in [0.2, 0.25) is 0 Å². The maximum atomic E-state index is 13.0. The molecular weight excluding hydrogens is 420 g/mol. The molecule has 2 N–H and O–H groups in total.